The molecule has 0 aromatic rings. The summed E-state index contributed by atoms with van der Waals surface area (Å²) in [5, 5.41) is 9.35. The molecule has 2 fully saturated rings. The Kier molecular flexibility index (Phi) is 4.05. The van der Waals surface area contributed by atoms with E-state index in [-0.39, 0.29) is 5.92 Å². The minimum Gasteiger partial charge on any atom is -0.480 e. The van der Waals surface area contributed by atoms with Crippen LogP contribution < -0.4 is 5.73 Å². The standard InChI is InChI=1S/C13H24N2O2/c14-13(12(16)17,11-6-7-11)10-15-8-4-2-1-3-5-9-15/h11H,1-10,14H2,(H,16,17). The van der Waals surface area contributed by atoms with Crippen molar-refractivity contribution < 1.29 is 9.90 Å². The third-order valence-electron chi connectivity index (χ3n) is 4.14. The van der Waals surface area contributed by atoms with Gasteiger partial charge in [0.25, 0.3) is 0 Å². The summed E-state index contributed by atoms with van der Waals surface area (Å²) in [7, 11) is 0. The van der Waals surface area contributed by atoms with Gasteiger partial charge in [-0.05, 0) is 44.7 Å². The van der Waals surface area contributed by atoms with Gasteiger partial charge in [-0.3, -0.25) is 4.79 Å². The highest BCUT2D eigenvalue weighted by Crippen LogP contribution is 2.39. The van der Waals surface area contributed by atoms with E-state index in [1.807, 2.05) is 0 Å². The Hall–Kier alpha value is -0.610. The molecule has 0 bridgehead atoms. The van der Waals surface area contributed by atoms with Gasteiger partial charge in [-0.2, -0.15) is 0 Å². The number of hydrogen-bond donors (Lipinski definition) is 2. The molecule has 0 amide bonds. The smallest absolute Gasteiger partial charge is 0.325 e. The third kappa shape index (κ3) is 3.19. The fourth-order valence-corrected chi connectivity index (χ4v) is 2.81. The zero-order valence-electron chi connectivity index (χ0n) is 10.5. The van der Waals surface area contributed by atoms with Crippen LogP contribution in [0.1, 0.15) is 44.9 Å². The van der Waals surface area contributed by atoms with Crippen LogP contribution in [0.25, 0.3) is 0 Å². The molecule has 1 heterocycles. The van der Waals surface area contributed by atoms with Crippen molar-refractivity contribution in [2.45, 2.75) is 50.5 Å². The fraction of sp³-hybridized carbons (Fsp3) is 0.923. The Morgan fingerprint density at radius 3 is 2.18 bits per heavy atom. The Bertz CT molecular complexity index is 271. The second kappa shape index (κ2) is 5.36. The lowest BCUT2D eigenvalue weighted by Crippen LogP contribution is -2.58. The first-order valence-corrected chi connectivity index (χ1v) is 6.87. The monoisotopic (exact) mass is 240 g/mol. The molecule has 1 saturated heterocycles. The van der Waals surface area contributed by atoms with E-state index in [4.69, 9.17) is 5.73 Å². The SMILES string of the molecule is NC(CN1CCCCCCC1)(C(=O)O)C1CC1. The van der Waals surface area contributed by atoms with Crippen LogP contribution in [-0.2, 0) is 4.79 Å². The van der Waals surface area contributed by atoms with E-state index in [0.29, 0.717) is 6.54 Å². The van der Waals surface area contributed by atoms with Crippen LogP contribution in [0.5, 0.6) is 0 Å². The van der Waals surface area contributed by atoms with Crippen molar-refractivity contribution in [3.05, 3.63) is 0 Å². The van der Waals surface area contributed by atoms with Gasteiger partial charge in [0.2, 0.25) is 0 Å². The summed E-state index contributed by atoms with van der Waals surface area (Å²) in [4.78, 5) is 13.6. The van der Waals surface area contributed by atoms with Gasteiger partial charge in [0, 0.05) is 6.54 Å². The number of aliphatic carboxylic acids is 1. The topological polar surface area (TPSA) is 66.6 Å². The highest BCUT2D eigenvalue weighted by Gasteiger charge is 2.49. The van der Waals surface area contributed by atoms with Gasteiger partial charge >= 0.3 is 5.97 Å². The molecule has 0 spiro atoms. The maximum Gasteiger partial charge on any atom is 0.325 e. The number of nitrogens with two attached hydrogens (primary N) is 1. The average Bonchev–Trinajstić information content (AvgIpc) is 3.05. The van der Waals surface area contributed by atoms with Crippen molar-refractivity contribution in [1.82, 2.24) is 4.90 Å². The Labute approximate surface area is 103 Å². The largest absolute Gasteiger partial charge is 0.480 e. The first-order valence-electron chi connectivity index (χ1n) is 6.87. The summed E-state index contributed by atoms with van der Waals surface area (Å²) in [6.45, 7) is 2.56. The van der Waals surface area contributed by atoms with Crippen molar-refractivity contribution in [2.75, 3.05) is 19.6 Å². The number of nitrogens with zero attached hydrogens (tertiary/aromatic N) is 1. The highest BCUT2D eigenvalue weighted by molar-refractivity contribution is 5.79. The summed E-state index contributed by atoms with van der Waals surface area (Å²) < 4.78 is 0. The number of carbonyl (C=O) groups is 1. The molecule has 17 heavy (non-hydrogen) atoms. The van der Waals surface area contributed by atoms with Gasteiger partial charge in [-0.25, -0.2) is 0 Å². The van der Waals surface area contributed by atoms with Gasteiger partial charge < -0.3 is 15.7 Å². The Morgan fingerprint density at radius 1 is 1.18 bits per heavy atom. The Morgan fingerprint density at radius 2 is 1.71 bits per heavy atom. The fourth-order valence-electron chi connectivity index (χ4n) is 2.81. The van der Waals surface area contributed by atoms with Gasteiger partial charge in [-0.15, -0.1) is 0 Å². The lowest BCUT2D eigenvalue weighted by molar-refractivity contribution is -0.145. The van der Waals surface area contributed by atoms with Crippen LogP contribution in [0.4, 0.5) is 0 Å². The lowest BCUT2D eigenvalue weighted by atomic mass is 9.93. The molecule has 0 aromatic carbocycles. The van der Waals surface area contributed by atoms with Crippen LogP contribution in [0.15, 0.2) is 0 Å². The zero-order chi connectivity index (χ0) is 12.3. The van der Waals surface area contributed by atoms with Crippen molar-refractivity contribution in [2.24, 2.45) is 11.7 Å². The van der Waals surface area contributed by atoms with Crippen molar-refractivity contribution in [3.63, 3.8) is 0 Å². The summed E-state index contributed by atoms with van der Waals surface area (Å²) in [5.74, 6) is -0.618. The number of rotatable bonds is 4. The molecule has 2 rings (SSSR count). The molecular weight excluding hydrogens is 216 g/mol. The van der Waals surface area contributed by atoms with Crippen molar-refractivity contribution in [1.29, 1.82) is 0 Å². The van der Waals surface area contributed by atoms with E-state index >= 15 is 0 Å². The molecule has 1 unspecified atom stereocenters. The molecule has 2 aliphatic rings. The van der Waals surface area contributed by atoms with Gasteiger partial charge in [0.05, 0.1) is 0 Å². The lowest BCUT2D eigenvalue weighted by Gasteiger charge is -2.33. The number of carboxylic acids is 1. The summed E-state index contributed by atoms with van der Waals surface area (Å²) >= 11 is 0. The normalized spacial score (nSPS) is 26.9. The van der Waals surface area contributed by atoms with Gasteiger partial charge in [0.15, 0.2) is 0 Å². The molecule has 1 aliphatic carbocycles. The highest BCUT2D eigenvalue weighted by atomic mass is 16.4. The first kappa shape index (κ1) is 12.8. The summed E-state index contributed by atoms with van der Waals surface area (Å²) in [5.41, 5.74) is 5.13. The van der Waals surface area contributed by atoms with Crippen molar-refractivity contribution in [3.8, 4) is 0 Å². The van der Waals surface area contributed by atoms with E-state index in [0.717, 1.165) is 25.9 Å². The van der Waals surface area contributed by atoms with Crippen LogP contribution in [0.3, 0.4) is 0 Å². The predicted molar refractivity (Wildman–Crippen MR) is 66.8 cm³/mol. The maximum atomic E-state index is 11.4. The molecule has 0 aromatic heterocycles. The predicted octanol–water partition coefficient (Wildman–Crippen LogP) is 1.44. The van der Waals surface area contributed by atoms with Gasteiger partial charge in [-0.1, -0.05) is 19.3 Å². The van der Waals surface area contributed by atoms with Crippen molar-refractivity contribution >= 4 is 5.97 Å². The minimum absolute atomic E-state index is 0.199. The van der Waals surface area contributed by atoms with E-state index < -0.39 is 11.5 Å². The van der Waals surface area contributed by atoms with E-state index in [9.17, 15) is 9.90 Å². The van der Waals surface area contributed by atoms with Gasteiger partial charge in [0.1, 0.15) is 5.54 Å². The van der Waals surface area contributed by atoms with E-state index in [1.54, 1.807) is 0 Å². The van der Waals surface area contributed by atoms with Crippen LogP contribution in [-0.4, -0.2) is 41.1 Å². The molecule has 1 atom stereocenters. The molecule has 98 valence electrons. The molecular formula is C13H24N2O2. The minimum atomic E-state index is -1.00. The van der Waals surface area contributed by atoms with Crippen LogP contribution >= 0.6 is 0 Å². The molecule has 3 N–H and O–H groups in total. The average molecular weight is 240 g/mol. The number of likely N-dealkylation sites (tertiary alicyclic amines) is 1. The molecule has 1 saturated carbocycles. The molecule has 4 heteroatoms. The molecule has 0 radical (unpaired) electrons. The number of carboxylic acid groups (broad SMARTS) is 1. The summed E-state index contributed by atoms with van der Waals surface area (Å²) in [6.07, 6.45) is 8.19. The first-order chi connectivity index (χ1) is 8.13. The Balaban J connectivity index is 1.93. The molecule has 1 aliphatic heterocycles. The zero-order valence-corrected chi connectivity index (χ0v) is 10.5. The van der Waals surface area contributed by atoms with E-state index in [2.05, 4.69) is 4.90 Å². The van der Waals surface area contributed by atoms with Crippen LogP contribution in [0.2, 0.25) is 0 Å². The second-order valence-corrected chi connectivity index (χ2v) is 5.66. The quantitative estimate of drug-likeness (QED) is 0.780. The maximum absolute atomic E-state index is 11.4. The summed E-state index contributed by atoms with van der Waals surface area (Å²) in [6, 6.07) is 0. The number of hydrogen-bond acceptors (Lipinski definition) is 3. The van der Waals surface area contributed by atoms with Crippen LogP contribution in [0, 0.1) is 5.92 Å². The third-order valence-corrected chi connectivity index (χ3v) is 4.14. The van der Waals surface area contributed by atoms with E-state index in [1.165, 1.54) is 32.1 Å². The molecule has 4 nitrogen and oxygen atoms in total. The second-order valence-electron chi connectivity index (χ2n) is 5.66.